The van der Waals surface area contributed by atoms with Gasteiger partial charge in [0.25, 0.3) is 0 Å². The summed E-state index contributed by atoms with van der Waals surface area (Å²) in [5.74, 6) is -0.362. The summed E-state index contributed by atoms with van der Waals surface area (Å²) in [6.45, 7) is 19.6. The Kier molecular flexibility index (Phi) is 19.7. The smallest absolute Gasteiger partial charge is 0 e. The van der Waals surface area contributed by atoms with Crippen LogP contribution >= 0.6 is 0 Å². The molecule has 152 valence electrons. The van der Waals surface area contributed by atoms with Gasteiger partial charge in [0, 0.05) is 34.9 Å². The minimum atomic E-state index is -1.91. The van der Waals surface area contributed by atoms with Gasteiger partial charge in [0.2, 0.25) is 0 Å². The van der Waals surface area contributed by atoms with Crippen LogP contribution in [0.15, 0.2) is 54.6 Å². The second-order valence-electron chi connectivity index (χ2n) is 6.23. The quantitative estimate of drug-likeness (QED) is 0.271. The number of halogens is 1. The van der Waals surface area contributed by atoms with E-state index in [1.165, 1.54) is 6.07 Å². The molecule has 0 spiro atoms. The molecule has 0 aliphatic heterocycles. The van der Waals surface area contributed by atoms with Crippen molar-refractivity contribution in [2.24, 2.45) is 0 Å². The van der Waals surface area contributed by atoms with Gasteiger partial charge in [0.1, 0.15) is 5.82 Å². The monoisotopic (exact) mass is 452 g/mol. The first-order valence-corrected chi connectivity index (χ1v) is 11.4. The van der Waals surface area contributed by atoms with Gasteiger partial charge >= 0.3 is 33.9 Å². The SMILES string of the molecule is C[Si](C)(C)O[C@@H](CC(=O)c1ccccc1)c1ccccc1F.[C-]#[O+].[C-]#[O+].[C-]#[O+].[Cr]. The van der Waals surface area contributed by atoms with E-state index >= 15 is 0 Å². The van der Waals surface area contributed by atoms with Crippen LogP contribution in [0.2, 0.25) is 19.6 Å². The first-order valence-electron chi connectivity index (χ1n) is 7.98. The molecule has 0 saturated heterocycles. The Hall–Kier alpha value is -2.03. The largest absolute Gasteiger partial charge is 0 e. The van der Waals surface area contributed by atoms with Gasteiger partial charge < -0.3 is 4.43 Å². The summed E-state index contributed by atoms with van der Waals surface area (Å²) in [5.41, 5.74) is 1.08. The van der Waals surface area contributed by atoms with Crippen molar-refractivity contribution in [2.45, 2.75) is 32.2 Å². The zero-order chi connectivity index (χ0) is 22.2. The summed E-state index contributed by atoms with van der Waals surface area (Å²) in [5, 5.41) is 0. The van der Waals surface area contributed by atoms with Gasteiger partial charge in [0.05, 0.1) is 6.10 Å². The van der Waals surface area contributed by atoms with E-state index in [1.54, 1.807) is 30.3 Å². The first kappa shape index (κ1) is 31.7. The van der Waals surface area contributed by atoms with Gasteiger partial charge in [-0.05, 0) is 25.7 Å². The summed E-state index contributed by atoms with van der Waals surface area (Å²) in [6, 6.07) is 15.6. The second kappa shape index (κ2) is 18.0. The Bertz CT molecular complexity index is 756. The summed E-state index contributed by atoms with van der Waals surface area (Å²) >= 11 is 0. The Balaban J connectivity index is -0.000000883. The van der Waals surface area contributed by atoms with Gasteiger partial charge in [-0.1, -0.05) is 48.5 Å². The predicted octanol–water partition coefficient (Wildman–Crippen LogP) is 4.88. The third kappa shape index (κ3) is 12.9. The van der Waals surface area contributed by atoms with Gasteiger partial charge in [-0.2, -0.15) is 0 Å². The average molecular weight is 452 g/mol. The number of ketones is 1. The molecule has 2 rings (SSSR count). The Morgan fingerprint density at radius 2 is 1.38 bits per heavy atom. The molecular formula is C21H21CrFO5Si. The van der Waals surface area contributed by atoms with Crippen LogP contribution < -0.4 is 0 Å². The molecule has 5 nitrogen and oxygen atoms in total. The average Bonchev–Trinajstić information content (AvgIpc) is 2.72. The third-order valence-corrected chi connectivity index (χ3v) is 4.21. The summed E-state index contributed by atoms with van der Waals surface area (Å²) in [6.07, 6.45) is -0.393. The maximum atomic E-state index is 14.1. The standard InChI is InChI=1S/C18H21FO2Si.3CO.Cr/c1-22(2,3)21-18(15-11-7-8-12-16(15)19)13-17(20)14-9-5-4-6-10-14;3*1-2;/h4-12,18H,13H2,1-3H3;;;;/t18-;;;;/m0..../s1. The maximum absolute atomic E-state index is 14.1. The van der Waals surface area contributed by atoms with Crippen molar-refractivity contribution in [1.82, 2.24) is 0 Å². The van der Waals surface area contributed by atoms with Gasteiger partial charge in [-0.25, -0.2) is 4.39 Å². The number of carbonyl (C=O) groups excluding carboxylic acids is 1. The summed E-state index contributed by atoms with van der Waals surface area (Å²) in [7, 11) is -1.91. The normalized spacial score (nSPS) is 10.0. The van der Waals surface area contributed by atoms with E-state index in [4.69, 9.17) is 18.4 Å². The molecular weight excluding hydrogens is 431 g/mol. The fraction of sp³-hybridized carbons (Fsp3) is 0.238. The summed E-state index contributed by atoms with van der Waals surface area (Å²) < 4.78 is 42.7. The number of carbonyl (C=O) groups is 1. The Labute approximate surface area is 182 Å². The van der Waals surface area contributed by atoms with Crippen LogP contribution in [0.4, 0.5) is 4.39 Å². The van der Waals surface area contributed by atoms with E-state index in [2.05, 4.69) is 20.0 Å². The third-order valence-electron chi connectivity index (χ3n) is 3.21. The van der Waals surface area contributed by atoms with Crippen molar-refractivity contribution < 1.29 is 44.9 Å². The number of hydrogen-bond acceptors (Lipinski definition) is 2. The number of hydrogen-bond donors (Lipinski definition) is 0. The molecule has 0 radical (unpaired) electrons. The van der Waals surface area contributed by atoms with Gasteiger partial charge in [0.15, 0.2) is 14.1 Å². The minimum Gasteiger partial charge on any atom is 0 e. The van der Waals surface area contributed by atoms with E-state index in [0.29, 0.717) is 11.1 Å². The number of Topliss-reactive ketones (excluding diaryl/α,β-unsaturated/α-hetero) is 1. The molecule has 2 aromatic carbocycles. The first-order chi connectivity index (χ1) is 13.4. The van der Waals surface area contributed by atoms with Crippen LogP contribution in [0.25, 0.3) is 0 Å². The van der Waals surface area contributed by atoms with Crippen molar-refractivity contribution in [2.75, 3.05) is 0 Å². The van der Waals surface area contributed by atoms with E-state index in [9.17, 15) is 9.18 Å². The maximum Gasteiger partial charge on any atom is 0 e. The predicted molar refractivity (Wildman–Crippen MR) is 101 cm³/mol. The van der Waals surface area contributed by atoms with Gasteiger partial charge in [-0.15, -0.1) is 0 Å². The van der Waals surface area contributed by atoms with E-state index in [0.717, 1.165) is 0 Å². The molecule has 8 heteroatoms. The molecule has 0 unspecified atom stereocenters. The molecule has 0 N–H and O–H groups in total. The molecule has 2 aromatic rings. The molecule has 0 amide bonds. The zero-order valence-electron chi connectivity index (χ0n) is 16.3. The van der Waals surface area contributed by atoms with Gasteiger partial charge in [-0.3, -0.25) is 4.79 Å². The zero-order valence-corrected chi connectivity index (χ0v) is 18.6. The summed E-state index contributed by atoms with van der Waals surface area (Å²) in [4.78, 5) is 12.4. The van der Waals surface area contributed by atoms with Crippen molar-refractivity contribution in [3.8, 4) is 0 Å². The van der Waals surface area contributed by atoms with Crippen LogP contribution in [0.5, 0.6) is 0 Å². The Morgan fingerprint density at radius 3 is 1.83 bits per heavy atom. The van der Waals surface area contributed by atoms with E-state index < -0.39 is 14.4 Å². The van der Waals surface area contributed by atoms with Crippen molar-refractivity contribution in [1.29, 1.82) is 0 Å². The number of rotatable bonds is 6. The van der Waals surface area contributed by atoms with E-state index in [-0.39, 0.29) is 35.4 Å². The van der Waals surface area contributed by atoms with Crippen molar-refractivity contribution in [3.63, 3.8) is 0 Å². The topological polar surface area (TPSA) is 86.0 Å². The van der Waals surface area contributed by atoms with Crippen molar-refractivity contribution >= 4 is 14.1 Å². The van der Waals surface area contributed by atoms with Crippen LogP contribution in [0, 0.1) is 25.8 Å². The fourth-order valence-electron chi connectivity index (χ4n) is 2.29. The molecule has 0 saturated carbocycles. The molecule has 0 heterocycles. The molecule has 29 heavy (non-hydrogen) atoms. The van der Waals surface area contributed by atoms with E-state index in [1.807, 2.05) is 37.8 Å². The second-order valence-corrected chi connectivity index (χ2v) is 10.7. The van der Waals surface area contributed by atoms with Crippen molar-refractivity contribution in [3.05, 3.63) is 91.5 Å². The molecule has 0 aromatic heterocycles. The number of benzene rings is 2. The Morgan fingerprint density at radius 1 is 0.931 bits per heavy atom. The minimum absolute atomic E-state index is 0. The molecule has 1 atom stereocenters. The van der Waals surface area contributed by atoms with Crippen LogP contribution in [-0.4, -0.2) is 14.1 Å². The molecule has 0 aliphatic carbocycles. The van der Waals surface area contributed by atoms with Crippen LogP contribution in [0.3, 0.4) is 0 Å². The molecule has 0 aliphatic rings. The van der Waals surface area contributed by atoms with Crippen LogP contribution in [0.1, 0.15) is 28.4 Å². The van der Waals surface area contributed by atoms with Crippen LogP contribution in [-0.2, 0) is 35.7 Å². The molecule has 0 fully saturated rings. The fourth-order valence-corrected chi connectivity index (χ4v) is 3.35. The molecule has 0 bridgehead atoms.